The number of hydrogen-bond acceptors (Lipinski definition) is 2. The summed E-state index contributed by atoms with van der Waals surface area (Å²) in [6, 6.07) is 16.5. The SMILES string of the molecule is Cc1ccccc1NC(CN)c1ccccc1Br. The molecule has 0 saturated carbocycles. The van der Waals surface area contributed by atoms with E-state index in [0.29, 0.717) is 6.54 Å². The number of halogens is 1. The molecule has 2 aromatic rings. The second-order valence-corrected chi connectivity index (χ2v) is 5.12. The molecular weight excluding hydrogens is 288 g/mol. The summed E-state index contributed by atoms with van der Waals surface area (Å²) in [6.07, 6.45) is 0. The number of hydrogen-bond donors (Lipinski definition) is 2. The molecular formula is C15H17BrN2. The van der Waals surface area contributed by atoms with Crippen molar-refractivity contribution in [2.24, 2.45) is 5.73 Å². The van der Waals surface area contributed by atoms with E-state index in [9.17, 15) is 0 Å². The lowest BCUT2D eigenvalue weighted by Gasteiger charge is -2.21. The molecule has 18 heavy (non-hydrogen) atoms. The molecule has 0 bridgehead atoms. The molecule has 1 atom stereocenters. The fourth-order valence-electron chi connectivity index (χ4n) is 1.94. The van der Waals surface area contributed by atoms with Crippen LogP contribution in [0.15, 0.2) is 53.0 Å². The van der Waals surface area contributed by atoms with Crippen molar-refractivity contribution in [2.45, 2.75) is 13.0 Å². The molecule has 0 spiro atoms. The Morgan fingerprint density at radius 3 is 2.44 bits per heavy atom. The van der Waals surface area contributed by atoms with Gasteiger partial charge in [-0.2, -0.15) is 0 Å². The molecule has 3 N–H and O–H groups in total. The Morgan fingerprint density at radius 2 is 1.78 bits per heavy atom. The third-order valence-electron chi connectivity index (χ3n) is 2.99. The highest BCUT2D eigenvalue weighted by atomic mass is 79.9. The molecule has 2 rings (SSSR count). The van der Waals surface area contributed by atoms with Crippen LogP contribution in [0.3, 0.4) is 0 Å². The molecule has 94 valence electrons. The van der Waals surface area contributed by atoms with Gasteiger partial charge < -0.3 is 11.1 Å². The highest BCUT2D eigenvalue weighted by molar-refractivity contribution is 9.10. The smallest absolute Gasteiger partial charge is 0.0647 e. The summed E-state index contributed by atoms with van der Waals surface area (Å²) < 4.78 is 1.08. The van der Waals surface area contributed by atoms with E-state index in [1.165, 1.54) is 11.1 Å². The molecule has 1 unspecified atom stereocenters. The van der Waals surface area contributed by atoms with Crippen molar-refractivity contribution >= 4 is 21.6 Å². The number of benzene rings is 2. The van der Waals surface area contributed by atoms with E-state index in [0.717, 1.165) is 10.2 Å². The quantitative estimate of drug-likeness (QED) is 0.900. The molecule has 0 heterocycles. The van der Waals surface area contributed by atoms with E-state index in [2.05, 4.69) is 46.4 Å². The van der Waals surface area contributed by atoms with Crippen molar-refractivity contribution in [1.29, 1.82) is 0 Å². The Bertz CT molecular complexity index is 525. The van der Waals surface area contributed by atoms with Gasteiger partial charge in [0, 0.05) is 16.7 Å². The predicted molar refractivity (Wildman–Crippen MR) is 80.7 cm³/mol. The first-order valence-electron chi connectivity index (χ1n) is 5.99. The molecule has 0 amide bonds. The first-order chi connectivity index (χ1) is 8.72. The van der Waals surface area contributed by atoms with Gasteiger partial charge in [0.05, 0.1) is 6.04 Å². The summed E-state index contributed by atoms with van der Waals surface area (Å²) in [5.74, 6) is 0. The van der Waals surface area contributed by atoms with E-state index in [-0.39, 0.29) is 6.04 Å². The lowest BCUT2D eigenvalue weighted by Crippen LogP contribution is -2.21. The first-order valence-corrected chi connectivity index (χ1v) is 6.78. The highest BCUT2D eigenvalue weighted by Crippen LogP contribution is 2.26. The lowest BCUT2D eigenvalue weighted by atomic mass is 10.1. The van der Waals surface area contributed by atoms with Crippen LogP contribution in [0.2, 0.25) is 0 Å². The van der Waals surface area contributed by atoms with Gasteiger partial charge in [-0.3, -0.25) is 0 Å². The van der Waals surface area contributed by atoms with Crippen LogP contribution in [0.4, 0.5) is 5.69 Å². The van der Waals surface area contributed by atoms with Crippen molar-refractivity contribution in [3.63, 3.8) is 0 Å². The predicted octanol–water partition coefficient (Wildman–Crippen LogP) is 3.87. The number of aryl methyl sites for hydroxylation is 1. The van der Waals surface area contributed by atoms with Crippen molar-refractivity contribution in [2.75, 3.05) is 11.9 Å². The molecule has 0 radical (unpaired) electrons. The average molecular weight is 305 g/mol. The minimum Gasteiger partial charge on any atom is -0.377 e. The molecule has 2 aromatic carbocycles. The summed E-state index contributed by atoms with van der Waals surface area (Å²) in [6.45, 7) is 2.65. The van der Waals surface area contributed by atoms with Crippen molar-refractivity contribution in [3.05, 3.63) is 64.1 Å². The number of rotatable bonds is 4. The van der Waals surface area contributed by atoms with Crippen molar-refractivity contribution in [3.8, 4) is 0 Å². The molecule has 3 heteroatoms. The van der Waals surface area contributed by atoms with Crippen LogP contribution in [-0.2, 0) is 0 Å². The summed E-state index contributed by atoms with van der Waals surface area (Å²) in [7, 11) is 0. The van der Waals surface area contributed by atoms with Gasteiger partial charge in [0.15, 0.2) is 0 Å². The molecule has 0 aromatic heterocycles. The lowest BCUT2D eigenvalue weighted by molar-refractivity contribution is 0.785. The first kappa shape index (κ1) is 13.1. The normalized spacial score (nSPS) is 12.2. The standard InChI is InChI=1S/C15H17BrN2/c1-11-6-2-5-9-14(11)18-15(10-17)12-7-3-4-8-13(12)16/h2-9,15,18H,10,17H2,1H3. The molecule has 0 aliphatic heterocycles. The maximum Gasteiger partial charge on any atom is 0.0647 e. The van der Waals surface area contributed by atoms with Crippen LogP contribution in [-0.4, -0.2) is 6.54 Å². The fraction of sp³-hybridized carbons (Fsp3) is 0.200. The van der Waals surface area contributed by atoms with Crippen LogP contribution < -0.4 is 11.1 Å². The third kappa shape index (κ3) is 2.92. The van der Waals surface area contributed by atoms with E-state index in [1.54, 1.807) is 0 Å². The van der Waals surface area contributed by atoms with Gasteiger partial charge in [-0.05, 0) is 30.2 Å². The summed E-state index contributed by atoms with van der Waals surface area (Å²) in [5, 5.41) is 3.50. The van der Waals surface area contributed by atoms with Crippen LogP contribution in [0.1, 0.15) is 17.2 Å². The average Bonchev–Trinajstić information content (AvgIpc) is 2.39. The Kier molecular flexibility index (Phi) is 4.39. The van der Waals surface area contributed by atoms with Crippen molar-refractivity contribution < 1.29 is 0 Å². The third-order valence-corrected chi connectivity index (χ3v) is 3.71. The Morgan fingerprint density at radius 1 is 1.11 bits per heavy atom. The molecule has 0 fully saturated rings. The van der Waals surface area contributed by atoms with E-state index >= 15 is 0 Å². The van der Waals surface area contributed by atoms with Crippen LogP contribution in [0, 0.1) is 6.92 Å². The number of anilines is 1. The number of para-hydroxylation sites is 1. The minimum absolute atomic E-state index is 0.113. The van der Waals surface area contributed by atoms with Crippen LogP contribution in [0.5, 0.6) is 0 Å². The summed E-state index contributed by atoms with van der Waals surface area (Å²) >= 11 is 3.57. The van der Waals surface area contributed by atoms with Gasteiger partial charge in [0.2, 0.25) is 0 Å². The van der Waals surface area contributed by atoms with Gasteiger partial charge in [-0.25, -0.2) is 0 Å². The molecule has 0 aliphatic rings. The Labute approximate surface area is 116 Å². The summed E-state index contributed by atoms with van der Waals surface area (Å²) in [4.78, 5) is 0. The monoisotopic (exact) mass is 304 g/mol. The van der Waals surface area contributed by atoms with Crippen LogP contribution >= 0.6 is 15.9 Å². The zero-order valence-electron chi connectivity index (χ0n) is 10.4. The second kappa shape index (κ2) is 6.03. The van der Waals surface area contributed by atoms with Gasteiger partial charge in [-0.15, -0.1) is 0 Å². The van der Waals surface area contributed by atoms with Gasteiger partial charge >= 0.3 is 0 Å². The fourth-order valence-corrected chi connectivity index (χ4v) is 2.51. The van der Waals surface area contributed by atoms with E-state index in [1.807, 2.05) is 30.3 Å². The maximum absolute atomic E-state index is 5.89. The zero-order valence-corrected chi connectivity index (χ0v) is 11.9. The van der Waals surface area contributed by atoms with Gasteiger partial charge in [-0.1, -0.05) is 52.3 Å². The zero-order chi connectivity index (χ0) is 13.0. The van der Waals surface area contributed by atoms with Gasteiger partial charge in [0.1, 0.15) is 0 Å². The molecule has 2 nitrogen and oxygen atoms in total. The largest absolute Gasteiger partial charge is 0.377 e. The summed E-state index contributed by atoms with van der Waals surface area (Å²) in [5.41, 5.74) is 9.43. The van der Waals surface area contributed by atoms with E-state index < -0.39 is 0 Å². The van der Waals surface area contributed by atoms with Crippen molar-refractivity contribution in [1.82, 2.24) is 0 Å². The van der Waals surface area contributed by atoms with Crippen LogP contribution in [0.25, 0.3) is 0 Å². The topological polar surface area (TPSA) is 38.0 Å². The maximum atomic E-state index is 5.89. The second-order valence-electron chi connectivity index (χ2n) is 4.27. The number of nitrogens with one attached hydrogen (secondary N) is 1. The minimum atomic E-state index is 0.113. The Hall–Kier alpha value is -1.32. The van der Waals surface area contributed by atoms with Gasteiger partial charge in [0.25, 0.3) is 0 Å². The molecule has 0 aliphatic carbocycles. The van der Waals surface area contributed by atoms with E-state index in [4.69, 9.17) is 5.73 Å². The number of nitrogens with two attached hydrogens (primary N) is 1. The molecule has 0 saturated heterocycles. The Balaban J connectivity index is 2.26. The highest BCUT2D eigenvalue weighted by Gasteiger charge is 2.12.